The van der Waals surface area contributed by atoms with Crippen molar-refractivity contribution in [2.45, 2.75) is 44.6 Å². The number of benzene rings is 1. The lowest BCUT2D eigenvalue weighted by atomic mass is 9.83. The van der Waals surface area contributed by atoms with Crippen molar-refractivity contribution in [3.8, 4) is 0 Å². The van der Waals surface area contributed by atoms with Crippen LogP contribution in [0.2, 0.25) is 0 Å². The second kappa shape index (κ2) is 6.64. The summed E-state index contributed by atoms with van der Waals surface area (Å²) in [5, 5.41) is 0. The van der Waals surface area contributed by atoms with Gasteiger partial charge in [0.05, 0.1) is 0 Å². The molecule has 2 saturated heterocycles. The summed E-state index contributed by atoms with van der Waals surface area (Å²) in [5.41, 5.74) is 1.43. The minimum absolute atomic E-state index is 0.380. The highest BCUT2D eigenvalue weighted by Crippen LogP contribution is 2.37. The Morgan fingerprint density at radius 2 is 1.87 bits per heavy atom. The number of hydrogen-bond donors (Lipinski definition) is 0. The molecule has 3 fully saturated rings. The molecule has 4 rings (SSSR count). The van der Waals surface area contributed by atoms with Crippen LogP contribution in [0.25, 0.3) is 0 Å². The zero-order chi connectivity index (χ0) is 15.6. The van der Waals surface area contributed by atoms with E-state index in [9.17, 15) is 4.79 Å². The van der Waals surface area contributed by atoms with E-state index in [4.69, 9.17) is 0 Å². The van der Waals surface area contributed by atoms with Gasteiger partial charge < -0.3 is 9.80 Å². The van der Waals surface area contributed by atoms with Gasteiger partial charge in [-0.15, -0.1) is 0 Å². The molecule has 1 aliphatic carbocycles. The van der Waals surface area contributed by atoms with E-state index in [2.05, 4.69) is 40.1 Å². The smallest absolute Gasteiger partial charge is 0.225 e. The first-order valence-corrected chi connectivity index (χ1v) is 9.38. The fourth-order valence-corrected chi connectivity index (χ4v) is 4.45. The minimum atomic E-state index is 0.380. The van der Waals surface area contributed by atoms with Crippen LogP contribution in [0.1, 0.15) is 37.7 Å². The van der Waals surface area contributed by atoms with Crippen molar-refractivity contribution < 1.29 is 4.79 Å². The highest BCUT2D eigenvalue weighted by molar-refractivity contribution is 5.81. The standard InChI is InChI=1S/C20H28N2O/c23-20(17-8-9-17)22-12-4-7-18-15-21(14-11-19(18)22)13-10-16-5-2-1-3-6-16/h1-3,5-6,17-19H,4,7-15H2/t18-,19+/m1/s1. The molecule has 0 bridgehead atoms. The van der Waals surface area contributed by atoms with Crippen LogP contribution in [0, 0.1) is 11.8 Å². The van der Waals surface area contributed by atoms with Crippen molar-refractivity contribution in [3.63, 3.8) is 0 Å². The molecule has 124 valence electrons. The highest BCUT2D eigenvalue weighted by Gasteiger charge is 2.42. The van der Waals surface area contributed by atoms with Gasteiger partial charge in [-0.1, -0.05) is 30.3 Å². The molecule has 23 heavy (non-hydrogen) atoms. The maximum atomic E-state index is 12.5. The van der Waals surface area contributed by atoms with Crippen LogP contribution in [-0.2, 0) is 11.2 Å². The van der Waals surface area contributed by atoms with Crippen LogP contribution in [-0.4, -0.2) is 47.9 Å². The van der Waals surface area contributed by atoms with E-state index in [1.165, 1.54) is 31.4 Å². The third-order valence-electron chi connectivity index (χ3n) is 5.92. The van der Waals surface area contributed by atoms with Gasteiger partial charge >= 0.3 is 0 Å². The molecule has 2 heterocycles. The second-order valence-electron chi connectivity index (χ2n) is 7.60. The summed E-state index contributed by atoms with van der Waals surface area (Å²) in [5.74, 6) is 1.55. The van der Waals surface area contributed by atoms with Crippen LogP contribution >= 0.6 is 0 Å². The molecular weight excluding hydrogens is 284 g/mol. The number of carbonyl (C=O) groups excluding carboxylic acids is 1. The number of carbonyl (C=O) groups is 1. The predicted molar refractivity (Wildman–Crippen MR) is 92.2 cm³/mol. The predicted octanol–water partition coefficient (Wildman–Crippen LogP) is 2.95. The lowest BCUT2D eigenvalue weighted by Crippen LogP contribution is -2.56. The van der Waals surface area contributed by atoms with Crippen molar-refractivity contribution in [2.75, 3.05) is 26.2 Å². The fraction of sp³-hybridized carbons (Fsp3) is 0.650. The molecule has 1 saturated carbocycles. The summed E-state index contributed by atoms with van der Waals surface area (Å²) >= 11 is 0. The van der Waals surface area contributed by atoms with Gasteiger partial charge in [-0.25, -0.2) is 0 Å². The minimum Gasteiger partial charge on any atom is -0.339 e. The molecule has 0 aromatic heterocycles. The van der Waals surface area contributed by atoms with E-state index in [0.717, 1.165) is 38.9 Å². The molecule has 0 N–H and O–H groups in total. The largest absolute Gasteiger partial charge is 0.339 e. The van der Waals surface area contributed by atoms with Crippen molar-refractivity contribution in [1.82, 2.24) is 9.80 Å². The Morgan fingerprint density at radius 3 is 2.65 bits per heavy atom. The number of likely N-dealkylation sites (tertiary alicyclic amines) is 2. The zero-order valence-electron chi connectivity index (χ0n) is 14.0. The number of fused-ring (bicyclic) bond motifs is 1. The Bertz CT molecular complexity index is 540. The molecule has 2 aliphatic heterocycles. The molecule has 0 unspecified atom stereocenters. The van der Waals surface area contributed by atoms with Gasteiger partial charge in [0, 0.05) is 38.1 Å². The maximum absolute atomic E-state index is 12.5. The Labute approximate surface area is 139 Å². The molecule has 0 spiro atoms. The third kappa shape index (κ3) is 3.45. The van der Waals surface area contributed by atoms with E-state index in [1.807, 2.05) is 0 Å². The molecule has 1 aromatic carbocycles. The van der Waals surface area contributed by atoms with E-state index >= 15 is 0 Å². The number of nitrogens with zero attached hydrogens (tertiary/aromatic N) is 2. The molecular formula is C20H28N2O. The van der Waals surface area contributed by atoms with Crippen LogP contribution in [0.5, 0.6) is 0 Å². The number of rotatable bonds is 4. The van der Waals surface area contributed by atoms with E-state index < -0.39 is 0 Å². The molecule has 3 nitrogen and oxygen atoms in total. The number of piperidine rings is 2. The lowest BCUT2D eigenvalue weighted by molar-refractivity contribution is -0.139. The Balaban J connectivity index is 1.33. The van der Waals surface area contributed by atoms with E-state index in [-0.39, 0.29) is 0 Å². The van der Waals surface area contributed by atoms with Gasteiger partial charge in [-0.2, -0.15) is 0 Å². The quantitative estimate of drug-likeness (QED) is 0.853. The normalized spacial score (nSPS) is 28.4. The second-order valence-corrected chi connectivity index (χ2v) is 7.60. The monoisotopic (exact) mass is 312 g/mol. The van der Waals surface area contributed by atoms with Gasteiger partial charge in [-0.3, -0.25) is 4.79 Å². The number of amides is 1. The highest BCUT2D eigenvalue weighted by atomic mass is 16.2. The summed E-state index contributed by atoms with van der Waals surface area (Å²) in [6.45, 7) is 4.51. The molecule has 0 radical (unpaired) electrons. The van der Waals surface area contributed by atoms with Gasteiger partial charge in [0.15, 0.2) is 0 Å². The van der Waals surface area contributed by atoms with E-state index in [1.54, 1.807) is 0 Å². The first kappa shape index (κ1) is 15.2. The molecule has 3 aliphatic rings. The SMILES string of the molecule is O=C(C1CC1)N1CCC[C@@H]2CN(CCc3ccccc3)CC[C@@H]21. The first-order chi connectivity index (χ1) is 11.3. The summed E-state index contributed by atoms with van der Waals surface area (Å²) < 4.78 is 0. The van der Waals surface area contributed by atoms with Crippen molar-refractivity contribution >= 4 is 5.91 Å². The molecule has 1 aromatic rings. The van der Waals surface area contributed by atoms with Gasteiger partial charge in [0.1, 0.15) is 0 Å². The van der Waals surface area contributed by atoms with Gasteiger partial charge in [0.2, 0.25) is 5.91 Å². The van der Waals surface area contributed by atoms with Crippen molar-refractivity contribution in [1.29, 1.82) is 0 Å². The summed E-state index contributed by atoms with van der Waals surface area (Å²) in [6.07, 6.45) is 7.10. The Morgan fingerprint density at radius 1 is 1.04 bits per heavy atom. The summed E-state index contributed by atoms with van der Waals surface area (Å²) in [4.78, 5) is 17.4. The van der Waals surface area contributed by atoms with Crippen molar-refractivity contribution in [3.05, 3.63) is 35.9 Å². The van der Waals surface area contributed by atoms with Crippen LogP contribution in [0.4, 0.5) is 0 Å². The zero-order valence-corrected chi connectivity index (χ0v) is 14.0. The van der Waals surface area contributed by atoms with Crippen molar-refractivity contribution in [2.24, 2.45) is 11.8 Å². The molecule has 3 heteroatoms. The first-order valence-electron chi connectivity index (χ1n) is 9.38. The Kier molecular flexibility index (Phi) is 4.39. The van der Waals surface area contributed by atoms with Crippen LogP contribution < -0.4 is 0 Å². The maximum Gasteiger partial charge on any atom is 0.225 e. The topological polar surface area (TPSA) is 23.6 Å². The van der Waals surface area contributed by atoms with Gasteiger partial charge in [-0.05, 0) is 50.0 Å². The number of hydrogen-bond acceptors (Lipinski definition) is 2. The van der Waals surface area contributed by atoms with Crippen LogP contribution in [0.3, 0.4) is 0 Å². The third-order valence-corrected chi connectivity index (χ3v) is 5.92. The van der Waals surface area contributed by atoms with E-state index in [0.29, 0.717) is 23.8 Å². The van der Waals surface area contributed by atoms with Gasteiger partial charge in [0.25, 0.3) is 0 Å². The van der Waals surface area contributed by atoms with Crippen LogP contribution in [0.15, 0.2) is 30.3 Å². The summed E-state index contributed by atoms with van der Waals surface area (Å²) in [7, 11) is 0. The molecule has 2 atom stereocenters. The summed E-state index contributed by atoms with van der Waals surface area (Å²) in [6, 6.07) is 11.3. The Hall–Kier alpha value is -1.35. The average Bonchev–Trinajstić information content (AvgIpc) is 3.44. The fourth-order valence-electron chi connectivity index (χ4n) is 4.45. The average molecular weight is 312 g/mol. The lowest BCUT2D eigenvalue weighted by Gasteiger charge is -2.47. The molecule has 1 amide bonds.